The largest absolute Gasteiger partial charge is 0.495 e. The summed E-state index contributed by atoms with van der Waals surface area (Å²) in [4.78, 5) is 12.2. The van der Waals surface area contributed by atoms with Gasteiger partial charge in [0.2, 0.25) is 0 Å². The number of benzene rings is 3. The molecule has 0 aliphatic carbocycles. The Morgan fingerprint density at radius 1 is 1.00 bits per heavy atom. The summed E-state index contributed by atoms with van der Waals surface area (Å²) in [5.41, 5.74) is 1.61. The second-order valence-corrected chi connectivity index (χ2v) is 9.25. The predicted octanol–water partition coefficient (Wildman–Crippen LogP) is 5.13. The van der Waals surface area contributed by atoms with Gasteiger partial charge in [0.25, 0.3) is 15.9 Å². The topological polar surface area (TPSA) is 93.7 Å². The molecule has 0 saturated carbocycles. The lowest BCUT2D eigenvalue weighted by atomic mass is 10.2. The minimum Gasteiger partial charge on any atom is -0.495 e. The number of hydrogen-bond acceptors (Lipinski definition) is 5. The lowest BCUT2D eigenvalue weighted by molar-refractivity contribution is -0.118. The highest BCUT2D eigenvalue weighted by atomic mass is 35.5. The molecule has 0 aliphatic heterocycles. The Bertz CT molecular complexity index is 1230. The van der Waals surface area contributed by atoms with Gasteiger partial charge in [-0.05, 0) is 67.1 Å². The van der Waals surface area contributed by atoms with E-state index in [4.69, 9.17) is 32.7 Å². The van der Waals surface area contributed by atoms with Gasteiger partial charge in [0.1, 0.15) is 11.5 Å². The second-order valence-electron chi connectivity index (χ2n) is 6.72. The number of methoxy groups -OCH3 is 1. The average molecular weight is 495 g/mol. The average Bonchev–Trinajstić information content (AvgIpc) is 2.75. The molecule has 0 heterocycles. The van der Waals surface area contributed by atoms with E-state index in [1.54, 1.807) is 36.4 Å². The van der Waals surface area contributed by atoms with Crippen LogP contribution in [0.1, 0.15) is 5.56 Å². The van der Waals surface area contributed by atoms with Crippen molar-refractivity contribution in [2.24, 2.45) is 0 Å². The summed E-state index contributed by atoms with van der Waals surface area (Å²) in [6.45, 7) is 1.53. The quantitative estimate of drug-likeness (QED) is 0.452. The highest BCUT2D eigenvalue weighted by Gasteiger charge is 2.15. The SMILES string of the molecule is COc1ccc(Cl)cc1NC(=O)COc1ccc(S(=O)(=O)Nc2ccc(C)c(Cl)c2)cc1. The summed E-state index contributed by atoms with van der Waals surface area (Å²) in [5.74, 6) is 0.357. The molecule has 3 aromatic rings. The Morgan fingerprint density at radius 2 is 1.72 bits per heavy atom. The van der Waals surface area contributed by atoms with E-state index >= 15 is 0 Å². The van der Waals surface area contributed by atoms with Crippen molar-refractivity contribution in [1.29, 1.82) is 0 Å². The smallest absolute Gasteiger partial charge is 0.262 e. The monoisotopic (exact) mass is 494 g/mol. The molecular formula is C22H20Cl2N2O5S. The number of carbonyl (C=O) groups excluding carboxylic acids is 1. The van der Waals surface area contributed by atoms with Crippen LogP contribution in [-0.2, 0) is 14.8 Å². The van der Waals surface area contributed by atoms with Crippen molar-refractivity contribution < 1.29 is 22.7 Å². The Balaban J connectivity index is 1.61. The van der Waals surface area contributed by atoms with Gasteiger partial charge in [-0.25, -0.2) is 8.42 Å². The maximum atomic E-state index is 12.6. The molecule has 3 rings (SSSR count). The van der Waals surface area contributed by atoms with Crippen LogP contribution in [0.25, 0.3) is 0 Å². The number of amides is 1. The number of sulfonamides is 1. The molecule has 0 bridgehead atoms. The van der Waals surface area contributed by atoms with Gasteiger partial charge in [-0.15, -0.1) is 0 Å². The number of rotatable bonds is 8. The summed E-state index contributed by atoms with van der Waals surface area (Å²) in [7, 11) is -2.33. The molecule has 1 amide bonds. The lowest BCUT2D eigenvalue weighted by Gasteiger charge is -2.12. The number of carbonyl (C=O) groups is 1. The van der Waals surface area contributed by atoms with Crippen LogP contribution in [0.4, 0.5) is 11.4 Å². The number of nitrogens with one attached hydrogen (secondary N) is 2. The zero-order chi connectivity index (χ0) is 23.3. The van der Waals surface area contributed by atoms with E-state index in [2.05, 4.69) is 10.0 Å². The van der Waals surface area contributed by atoms with Gasteiger partial charge in [0.15, 0.2) is 6.61 Å². The summed E-state index contributed by atoms with van der Waals surface area (Å²) < 4.78 is 38.3. The van der Waals surface area contributed by atoms with Gasteiger partial charge >= 0.3 is 0 Å². The van der Waals surface area contributed by atoms with Gasteiger partial charge in [0.05, 0.1) is 23.4 Å². The van der Waals surface area contributed by atoms with Crippen LogP contribution >= 0.6 is 23.2 Å². The fourth-order valence-electron chi connectivity index (χ4n) is 2.70. The van der Waals surface area contributed by atoms with Gasteiger partial charge in [-0.3, -0.25) is 9.52 Å². The van der Waals surface area contributed by atoms with Crippen molar-refractivity contribution in [3.8, 4) is 11.5 Å². The van der Waals surface area contributed by atoms with Crippen LogP contribution in [-0.4, -0.2) is 28.0 Å². The van der Waals surface area contributed by atoms with Crippen LogP contribution < -0.4 is 19.5 Å². The number of anilines is 2. The zero-order valence-corrected chi connectivity index (χ0v) is 19.5. The van der Waals surface area contributed by atoms with Crippen LogP contribution in [0.3, 0.4) is 0 Å². The molecule has 0 aromatic heterocycles. The molecule has 0 spiro atoms. The number of ether oxygens (including phenoxy) is 2. The standard InChI is InChI=1S/C22H20Cl2N2O5S/c1-14-3-5-16(12-19(14)24)26-32(28,29)18-8-6-17(7-9-18)31-13-22(27)25-20-11-15(23)4-10-21(20)30-2/h3-12,26H,13H2,1-2H3,(H,25,27). The fraction of sp³-hybridized carbons (Fsp3) is 0.136. The van der Waals surface area contributed by atoms with E-state index in [9.17, 15) is 13.2 Å². The Morgan fingerprint density at radius 3 is 2.38 bits per heavy atom. The van der Waals surface area contributed by atoms with E-state index in [0.29, 0.717) is 32.9 Å². The van der Waals surface area contributed by atoms with Crippen molar-refractivity contribution in [3.63, 3.8) is 0 Å². The molecule has 0 atom stereocenters. The van der Waals surface area contributed by atoms with Crippen LogP contribution in [0.5, 0.6) is 11.5 Å². The maximum Gasteiger partial charge on any atom is 0.262 e. The molecule has 0 unspecified atom stereocenters. The Hall–Kier alpha value is -2.94. The highest BCUT2D eigenvalue weighted by molar-refractivity contribution is 7.92. The fourth-order valence-corrected chi connectivity index (χ4v) is 4.10. The number of hydrogen-bond donors (Lipinski definition) is 2. The molecule has 32 heavy (non-hydrogen) atoms. The van der Waals surface area contributed by atoms with Crippen molar-refractivity contribution in [2.75, 3.05) is 23.8 Å². The summed E-state index contributed by atoms with van der Waals surface area (Å²) in [6, 6.07) is 15.4. The number of aryl methyl sites for hydroxylation is 1. The third-order valence-electron chi connectivity index (χ3n) is 4.36. The predicted molar refractivity (Wildman–Crippen MR) is 126 cm³/mol. The molecule has 10 heteroatoms. The summed E-state index contributed by atoms with van der Waals surface area (Å²) in [5, 5.41) is 3.56. The van der Waals surface area contributed by atoms with Crippen molar-refractivity contribution in [1.82, 2.24) is 0 Å². The van der Waals surface area contributed by atoms with Crippen molar-refractivity contribution >= 4 is 50.5 Å². The Kier molecular flexibility index (Phi) is 7.50. The van der Waals surface area contributed by atoms with Crippen LogP contribution in [0, 0.1) is 6.92 Å². The molecular weight excluding hydrogens is 475 g/mol. The molecule has 0 aliphatic rings. The zero-order valence-electron chi connectivity index (χ0n) is 17.2. The third kappa shape index (κ3) is 6.06. The van der Waals surface area contributed by atoms with E-state index in [-0.39, 0.29) is 11.5 Å². The highest BCUT2D eigenvalue weighted by Crippen LogP contribution is 2.28. The summed E-state index contributed by atoms with van der Waals surface area (Å²) >= 11 is 12.0. The molecule has 0 fully saturated rings. The van der Waals surface area contributed by atoms with Gasteiger partial charge in [-0.2, -0.15) is 0 Å². The molecule has 0 saturated heterocycles. The van der Waals surface area contributed by atoms with Gasteiger partial charge in [-0.1, -0.05) is 29.3 Å². The third-order valence-corrected chi connectivity index (χ3v) is 6.40. The van der Waals surface area contributed by atoms with E-state index < -0.39 is 15.9 Å². The first-order valence-corrected chi connectivity index (χ1v) is 11.6. The van der Waals surface area contributed by atoms with Gasteiger partial charge < -0.3 is 14.8 Å². The summed E-state index contributed by atoms with van der Waals surface area (Å²) in [6.07, 6.45) is 0. The first-order valence-electron chi connectivity index (χ1n) is 9.33. The van der Waals surface area contributed by atoms with E-state index in [0.717, 1.165) is 5.56 Å². The van der Waals surface area contributed by atoms with Crippen molar-refractivity contribution in [3.05, 3.63) is 76.3 Å². The van der Waals surface area contributed by atoms with Crippen molar-refractivity contribution in [2.45, 2.75) is 11.8 Å². The number of halogens is 2. The first-order chi connectivity index (χ1) is 15.2. The van der Waals surface area contributed by atoms with Crippen LogP contribution in [0.15, 0.2) is 65.6 Å². The molecule has 2 N–H and O–H groups in total. The molecule has 3 aromatic carbocycles. The van der Waals surface area contributed by atoms with E-state index in [1.165, 1.54) is 31.4 Å². The second kappa shape index (κ2) is 10.1. The van der Waals surface area contributed by atoms with E-state index in [1.807, 2.05) is 6.92 Å². The molecule has 168 valence electrons. The lowest BCUT2D eigenvalue weighted by Crippen LogP contribution is -2.20. The first kappa shape index (κ1) is 23.7. The normalized spacial score (nSPS) is 11.0. The molecule has 0 radical (unpaired) electrons. The molecule has 7 nitrogen and oxygen atoms in total. The minimum atomic E-state index is -3.81. The van der Waals surface area contributed by atoms with Gasteiger partial charge in [0, 0.05) is 10.0 Å². The maximum absolute atomic E-state index is 12.6. The minimum absolute atomic E-state index is 0.0367. The Labute approximate surface area is 196 Å². The van der Waals surface area contributed by atoms with Crippen LogP contribution in [0.2, 0.25) is 10.0 Å².